The molecule has 0 saturated carbocycles. The number of H-pyrrole nitrogens is 1. The average molecular weight is 277 g/mol. The molecule has 0 amide bonds. The molecule has 1 aromatic heterocycles. The number of benzene rings is 1. The maximum atomic E-state index is 13.7. The zero-order valence-corrected chi connectivity index (χ0v) is 11.8. The van der Waals surface area contributed by atoms with Gasteiger partial charge in [-0.05, 0) is 24.6 Å². The zero-order valence-electron chi connectivity index (χ0n) is 11.8. The van der Waals surface area contributed by atoms with Crippen LogP contribution >= 0.6 is 0 Å². The van der Waals surface area contributed by atoms with Crippen LogP contribution in [0.5, 0.6) is 5.75 Å². The molecular formula is C15H20FN3O. The zero-order chi connectivity index (χ0) is 14.5. The van der Waals surface area contributed by atoms with Gasteiger partial charge >= 0.3 is 0 Å². The summed E-state index contributed by atoms with van der Waals surface area (Å²) in [5.74, 6) is 0.578. The lowest BCUT2D eigenvalue weighted by Gasteiger charge is -2.07. The summed E-state index contributed by atoms with van der Waals surface area (Å²) in [6.07, 6.45) is 4.74. The van der Waals surface area contributed by atoms with Gasteiger partial charge in [0.2, 0.25) is 0 Å². The summed E-state index contributed by atoms with van der Waals surface area (Å²) in [5.41, 5.74) is 7.54. The van der Waals surface area contributed by atoms with Gasteiger partial charge in [-0.3, -0.25) is 0 Å². The second kappa shape index (κ2) is 6.52. The molecule has 0 fully saturated rings. The number of aromatic nitrogens is 2. The Balaban J connectivity index is 2.18. The third kappa shape index (κ3) is 3.17. The Labute approximate surface area is 118 Å². The predicted molar refractivity (Wildman–Crippen MR) is 77.0 cm³/mol. The van der Waals surface area contributed by atoms with E-state index in [2.05, 4.69) is 16.9 Å². The lowest BCUT2D eigenvalue weighted by Crippen LogP contribution is -2.11. The van der Waals surface area contributed by atoms with Gasteiger partial charge < -0.3 is 15.5 Å². The fraction of sp³-hybridized carbons (Fsp3) is 0.400. The molecule has 3 N–H and O–H groups in total. The first-order valence-electron chi connectivity index (χ1n) is 6.80. The van der Waals surface area contributed by atoms with Crippen molar-refractivity contribution in [3.63, 3.8) is 0 Å². The van der Waals surface area contributed by atoms with Crippen molar-refractivity contribution in [2.75, 3.05) is 7.11 Å². The quantitative estimate of drug-likeness (QED) is 0.850. The molecule has 1 heterocycles. The first kappa shape index (κ1) is 14.5. The van der Waals surface area contributed by atoms with Gasteiger partial charge in [-0.1, -0.05) is 19.8 Å². The Hall–Kier alpha value is -1.88. The van der Waals surface area contributed by atoms with Crippen LogP contribution in [0, 0.1) is 5.82 Å². The Morgan fingerprint density at radius 2 is 2.25 bits per heavy atom. The number of methoxy groups -OCH3 is 1. The smallest absolute Gasteiger partial charge is 0.165 e. The molecule has 1 unspecified atom stereocenters. The molecule has 1 aromatic carbocycles. The number of nitrogens with zero attached hydrogens (tertiary/aromatic N) is 1. The highest BCUT2D eigenvalue weighted by molar-refractivity contribution is 5.60. The molecule has 0 aliphatic carbocycles. The van der Waals surface area contributed by atoms with Crippen molar-refractivity contribution in [2.45, 2.75) is 32.2 Å². The summed E-state index contributed by atoms with van der Waals surface area (Å²) in [6.45, 7) is 2.13. The number of nitrogens with one attached hydrogen (secondary N) is 1. The van der Waals surface area contributed by atoms with E-state index in [0.29, 0.717) is 0 Å². The van der Waals surface area contributed by atoms with E-state index in [1.807, 2.05) is 0 Å². The van der Waals surface area contributed by atoms with Crippen LogP contribution in [0.2, 0.25) is 0 Å². The normalized spacial score (nSPS) is 12.4. The highest BCUT2D eigenvalue weighted by Crippen LogP contribution is 2.25. The molecule has 0 saturated heterocycles. The fourth-order valence-electron chi connectivity index (χ4n) is 2.07. The second-order valence-corrected chi connectivity index (χ2v) is 4.78. The van der Waals surface area contributed by atoms with E-state index in [0.717, 1.165) is 36.3 Å². The van der Waals surface area contributed by atoms with Crippen molar-refractivity contribution >= 4 is 0 Å². The van der Waals surface area contributed by atoms with Crippen molar-refractivity contribution in [3.05, 3.63) is 36.0 Å². The highest BCUT2D eigenvalue weighted by atomic mass is 19.1. The number of rotatable bonds is 6. The summed E-state index contributed by atoms with van der Waals surface area (Å²) in [4.78, 5) is 7.44. The van der Waals surface area contributed by atoms with Crippen molar-refractivity contribution in [3.8, 4) is 17.0 Å². The van der Waals surface area contributed by atoms with E-state index in [1.165, 1.54) is 13.2 Å². The summed E-state index contributed by atoms with van der Waals surface area (Å²) < 4.78 is 18.6. The van der Waals surface area contributed by atoms with Crippen LogP contribution in [0.25, 0.3) is 11.3 Å². The van der Waals surface area contributed by atoms with Crippen molar-refractivity contribution in [1.29, 1.82) is 0 Å². The number of hydrogen-bond donors (Lipinski definition) is 2. The fourth-order valence-corrected chi connectivity index (χ4v) is 2.07. The molecule has 0 bridgehead atoms. The highest BCUT2D eigenvalue weighted by Gasteiger charge is 2.12. The van der Waals surface area contributed by atoms with Crippen molar-refractivity contribution in [2.24, 2.45) is 5.73 Å². The standard InChI is InChI=1S/C15H20FN3O/c1-3-4-5-12(17)15-18-9-13(19-15)10-6-7-14(20-2)11(16)8-10/h6-9,12H,3-5,17H2,1-2H3,(H,18,19). The number of aromatic amines is 1. The topological polar surface area (TPSA) is 63.9 Å². The molecule has 2 rings (SSSR count). The van der Waals surface area contributed by atoms with E-state index in [-0.39, 0.29) is 11.8 Å². The van der Waals surface area contributed by atoms with Crippen molar-refractivity contribution in [1.82, 2.24) is 9.97 Å². The molecule has 0 radical (unpaired) electrons. The van der Waals surface area contributed by atoms with E-state index in [4.69, 9.17) is 10.5 Å². The van der Waals surface area contributed by atoms with Gasteiger partial charge in [-0.2, -0.15) is 0 Å². The van der Waals surface area contributed by atoms with Crippen LogP contribution in [0.15, 0.2) is 24.4 Å². The lowest BCUT2D eigenvalue weighted by atomic mass is 10.1. The van der Waals surface area contributed by atoms with Gasteiger partial charge in [0.25, 0.3) is 0 Å². The van der Waals surface area contributed by atoms with Gasteiger partial charge in [0.05, 0.1) is 25.0 Å². The summed E-state index contributed by atoms with van der Waals surface area (Å²) >= 11 is 0. The monoisotopic (exact) mass is 277 g/mol. The van der Waals surface area contributed by atoms with Crippen LogP contribution in [0.4, 0.5) is 4.39 Å². The summed E-state index contributed by atoms with van der Waals surface area (Å²) in [7, 11) is 1.44. The number of hydrogen-bond acceptors (Lipinski definition) is 3. The summed E-state index contributed by atoms with van der Waals surface area (Å²) in [6, 6.07) is 4.71. The molecule has 108 valence electrons. The minimum absolute atomic E-state index is 0.105. The molecule has 20 heavy (non-hydrogen) atoms. The Morgan fingerprint density at radius 1 is 1.45 bits per heavy atom. The van der Waals surface area contributed by atoms with E-state index in [1.54, 1.807) is 18.3 Å². The molecule has 4 nitrogen and oxygen atoms in total. The predicted octanol–water partition coefficient (Wildman–Crippen LogP) is 3.41. The summed E-state index contributed by atoms with van der Waals surface area (Å²) in [5, 5.41) is 0. The van der Waals surface area contributed by atoms with Crippen LogP contribution in [-0.2, 0) is 0 Å². The Bertz CT molecular complexity index is 568. The third-order valence-corrected chi connectivity index (χ3v) is 3.28. The second-order valence-electron chi connectivity index (χ2n) is 4.78. The number of unbranched alkanes of at least 4 members (excludes halogenated alkanes) is 1. The van der Waals surface area contributed by atoms with Crippen LogP contribution in [-0.4, -0.2) is 17.1 Å². The molecule has 0 spiro atoms. The minimum atomic E-state index is -0.392. The SMILES string of the molecule is CCCCC(N)c1ncc(-c2ccc(OC)c(F)c2)[nH]1. The molecule has 0 aliphatic rings. The lowest BCUT2D eigenvalue weighted by molar-refractivity contribution is 0.386. The molecular weight excluding hydrogens is 257 g/mol. The van der Waals surface area contributed by atoms with Gasteiger partial charge in [-0.15, -0.1) is 0 Å². The van der Waals surface area contributed by atoms with Gasteiger partial charge in [-0.25, -0.2) is 9.37 Å². The first-order valence-corrected chi connectivity index (χ1v) is 6.80. The minimum Gasteiger partial charge on any atom is -0.494 e. The maximum Gasteiger partial charge on any atom is 0.165 e. The van der Waals surface area contributed by atoms with Crippen molar-refractivity contribution < 1.29 is 9.13 Å². The largest absolute Gasteiger partial charge is 0.494 e. The molecule has 5 heteroatoms. The average Bonchev–Trinajstić information content (AvgIpc) is 2.94. The Kier molecular flexibility index (Phi) is 4.74. The van der Waals surface area contributed by atoms with E-state index >= 15 is 0 Å². The van der Waals surface area contributed by atoms with Gasteiger partial charge in [0.15, 0.2) is 11.6 Å². The van der Waals surface area contributed by atoms with E-state index < -0.39 is 5.82 Å². The number of imidazole rings is 1. The third-order valence-electron chi connectivity index (χ3n) is 3.28. The Morgan fingerprint density at radius 3 is 2.90 bits per heavy atom. The van der Waals surface area contributed by atoms with E-state index in [9.17, 15) is 4.39 Å². The maximum absolute atomic E-state index is 13.7. The van der Waals surface area contributed by atoms with Crippen LogP contribution in [0.1, 0.15) is 38.1 Å². The number of nitrogens with two attached hydrogens (primary N) is 1. The number of ether oxygens (including phenoxy) is 1. The molecule has 1 atom stereocenters. The van der Waals surface area contributed by atoms with Crippen LogP contribution < -0.4 is 10.5 Å². The molecule has 0 aliphatic heterocycles. The number of halogens is 1. The molecule has 2 aromatic rings. The van der Waals surface area contributed by atoms with Crippen LogP contribution in [0.3, 0.4) is 0 Å². The first-order chi connectivity index (χ1) is 9.65. The van der Waals surface area contributed by atoms with Gasteiger partial charge in [0.1, 0.15) is 5.82 Å². The van der Waals surface area contributed by atoms with Gasteiger partial charge in [0, 0.05) is 5.56 Å².